The Morgan fingerprint density at radius 2 is 2.23 bits per heavy atom. The summed E-state index contributed by atoms with van der Waals surface area (Å²) < 4.78 is 10.7. The highest BCUT2D eigenvalue weighted by Gasteiger charge is 2.38. The van der Waals surface area contributed by atoms with Gasteiger partial charge in [0.05, 0.1) is 12.7 Å². The van der Waals surface area contributed by atoms with E-state index < -0.39 is 23.9 Å². The van der Waals surface area contributed by atoms with Crippen LogP contribution in [0.25, 0.3) is 0 Å². The monoisotopic (exact) mass is 188 g/mol. The van der Waals surface area contributed by atoms with Crippen LogP contribution in [0.3, 0.4) is 0 Å². The number of aldehydes is 1. The molecule has 1 N–H and O–H groups in total. The molecule has 0 unspecified atom stereocenters. The molecule has 1 rings (SSSR count). The zero-order valence-electron chi connectivity index (χ0n) is 8.19. The summed E-state index contributed by atoms with van der Waals surface area (Å²) in [6, 6.07) is 0. The van der Waals surface area contributed by atoms with Crippen molar-refractivity contribution in [2.75, 3.05) is 6.61 Å². The van der Waals surface area contributed by atoms with Crippen LogP contribution in [-0.2, 0) is 14.3 Å². The second-order valence-corrected chi connectivity index (χ2v) is 3.85. The minimum atomic E-state index is -0.778. The topological polar surface area (TPSA) is 55.8 Å². The highest BCUT2D eigenvalue weighted by molar-refractivity contribution is 5.53. The first-order valence-corrected chi connectivity index (χ1v) is 4.41. The number of carbonyl (C=O) groups is 1. The van der Waals surface area contributed by atoms with Crippen molar-refractivity contribution in [1.29, 1.82) is 0 Å². The number of aliphatic hydroxyl groups is 1. The molecule has 0 bridgehead atoms. The standard InChI is InChI=1S/C9H16O4/c1-6(4-10)8(11)7-5-12-9(2,3)13-7/h4,6-8,11H,5H2,1-3H3/t6-,7-,8-/m1/s1. The highest BCUT2D eigenvalue weighted by atomic mass is 16.7. The van der Waals surface area contributed by atoms with Gasteiger partial charge in [-0.3, -0.25) is 0 Å². The molecule has 1 aliphatic rings. The zero-order chi connectivity index (χ0) is 10.1. The van der Waals surface area contributed by atoms with Gasteiger partial charge in [0.1, 0.15) is 12.4 Å². The van der Waals surface area contributed by atoms with Gasteiger partial charge in [-0.15, -0.1) is 0 Å². The Labute approximate surface area is 77.8 Å². The number of ether oxygens (including phenoxy) is 2. The summed E-state index contributed by atoms with van der Waals surface area (Å²) >= 11 is 0. The van der Waals surface area contributed by atoms with Gasteiger partial charge in [0, 0.05) is 5.92 Å². The summed E-state index contributed by atoms with van der Waals surface area (Å²) in [6.07, 6.45) is -0.450. The predicted molar refractivity (Wildman–Crippen MR) is 46.1 cm³/mol. The maximum Gasteiger partial charge on any atom is 0.163 e. The van der Waals surface area contributed by atoms with E-state index in [9.17, 15) is 9.90 Å². The van der Waals surface area contributed by atoms with Gasteiger partial charge in [0.25, 0.3) is 0 Å². The SMILES string of the molecule is C[C@H](C=O)[C@@H](O)[C@H]1COC(C)(C)O1. The lowest BCUT2D eigenvalue weighted by molar-refractivity contribution is -0.156. The van der Waals surface area contributed by atoms with E-state index in [1.165, 1.54) is 0 Å². The van der Waals surface area contributed by atoms with Gasteiger partial charge >= 0.3 is 0 Å². The Morgan fingerprint density at radius 3 is 2.62 bits per heavy atom. The predicted octanol–water partition coefficient (Wildman–Crippen LogP) is 0.334. The van der Waals surface area contributed by atoms with Crippen molar-refractivity contribution in [3.63, 3.8) is 0 Å². The molecule has 1 heterocycles. The third-order valence-corrected chi connectivity index (χ3v) is 2.16. The molecule has 1 saturated heterocycles. The molecule has 3 atom stereocenters. The van der Waals surface area contributed by atoms with Crippen molar-refractivity contribution in [3.05, 3.63) is 0 Å². The molecular formula is C9H16O4. The van der Waals surface area contributed by atoms with Crippen molar-refractivity contribution < 1.29 is 19.4 Å². The maximum atomic E-state index is 10.4. The molecule has 0 saturated carbocycles. The molecule has 0 aromatic heterocycles. The maximum absolute atomic E-state index is 10.4. The second-order valence-electron chi connectivity index (χ2n) is 3.85. The van der Waals surface area contributed by atoms with Crippen LogP contribution in [0.1, 0.15) is 20.8 Å². The smallest absolute Gasteiger partial charge is 0.163 e. The van der Waals surface area contributed by atoms with E-state index in [-0.39, 0.29) is 0 Å². The van der Waals surface area contributed by atoms with Crippen molar-refractivity contribution in [1.82, 2.24) is 0 Å². The summed E-state index contributed by atoms with van der Waals surface area (Å²) in [5, 5.41) is 9.61. The number of rotatable bonds is 3. The average molecular weight is 188 g/mol. The van der Waals surface area contributed by atoms with Crippen LogP contribution in [-0.4, -0.2) is 36.0 Å². The van der Waals surface area contributed by atoms with E-state index in [0.29, 0.717) is 6.61 Å². The first kappa shape index (κ1) is 10.6. The van der Waals surface area contributed by atoms with Crippen molar-refractivity contribution in [2.45, 2.75) is 38.8 Å². The largest absolute Gasteiger partial charge is 0.390 e. The van der Waals surface area contributed by atoms with Crippen LogP contribution in [0.15, 0.2) is 0 Å². The number of hydrogen-bond donors (Lipinski definition) is 1. The lowest BCUT2D eigenvalue weighted by Crippen LogP contribution is -2.36. The summed E-state index contributed by atoms with van der Waals surface area (Å²) in [4.78, 5) is 10.4. The van der Waals surface area contributed by atoms with Gasteiger partial charge in [-0.1, -0.05) is 6.92 Å². The minimum Gasteiger partial charge on any atom is -0.390 e. The summed E-state index contributed by atoms with van der Waals surface area (Å²) in [7, 11) is 0. The summed E-state index contributed by atoms with van der Waals surface area (Å²) in [5.74, 6) is -1.06. The van der Waals surface area contributed by atoms with Gasteiger partial charge in [0.2, 0.25) is 0 Å². The van der Waals surface area contributed by atoms with Crippen molar-refractivity contribution >= 4 is 6.29 Å². The molecular weight excluding hydrogens is 172 g/mol. The normalized spacial score (nSPS) is 31.2. The molecule has 0 amide bonds. The molecule has 0 aromatic carbocycles. The van der Waals surface area contributed by atoms with Gasteiger partial charge in [-0.05, 0) is 13.8 Å². The highest BCUT2D eigenvalue weighted by Crippen LogP contribution is 2.25. The fraction of sp³-hybridized carbons (Fsp3) is 0.889. The Morgan fingerprint density at radius 1 is 1.62 bits per heavy atom. The van der Waals surface area contributed by atoms with Crippen LogP contribution < -0.4 is 0 Å². The zero-order valence-corrected chi connectivity index (χ0v) is 8.19. The van der Waals surface area contributed by atoms with Gasteiger partial charge in [-0.25, -0.2) is 0 Å². The third kappa shape index (κ3) is 2.49. The van der Waals surface area contributed by atoms with E-state index in [0.717, 1.165) is 6.29 Å². The van der Waals surface area contributed by atoms with Crippen LogP contribution >= 0.6 is 0 Å². The van der Waals surface area contributed by atoms with Crippen LogP contribution in [0.4, 0.5) is 0 Å². The fourth-order valence-corrected chi connectivity index (χ4v) is 1.30. The molecule has 4 heteroatoms. The second kappa shape index (κ2) is 3.74. The molecule has 0 aliphatic carbocycles. The van der Waals surface area contributed by atoms with Gasteiger partial charge in [0.15, 0.2) is 5.79 Å². The Hall–Kier alpha value is -0.450. The van der Waals surface area contributed by atoms with Gasteiger partial charge in [-0.2, -0.15) is 0 Å². The summed E-state index contributed by atoms with van der Waals surface area (Å²) in [5.41, 5.74) is 0. The lowest BCUT2D eigenvalue weighted by Gasteiger charge is -2.21. The number of aliphatic hydroxyl groups excluding tert-OH is 1. The Balaban J connectivity index is 2.51. The van der Waals surface area contributed by atoms with E-state index in [1.54, 1.807) is 20.8 Å². The third-order valence-electron chi connectivity index (χ3n) is 2.16. The number of hydrogen-bond acceptors (Lipinski definition) is 4. The van der Waals surface area contributed by atoms with Crippen LogP contribution in [0.5, 0.6) is 0 Å². The van der Waals surface area contributed by atoms with E-state index in [1.807, 2.05) is 0 Å². The molecule has 0 aromatic rings. The Kier molecular flexibility index (Phi) is 3.05. The number of carbonyl (C=O) groups excluding carboxylic acids is 1. The first-order chi connectivity index (χ1) is 5.96. The van der Waals surface area contributed by atoms with E-state index >= 15 is 0 Å². The molecule has 4 nitrogen and oxygen atoms in total. The van der Waals surface area contributed by atoms with Crippen LogP contribution in [0, 0.1) is 5.92 Å². The quantitative estimate of drug-likeness (QED) is 0.649. The average Bonchev–Trinajstić information content (AvgIpc) is 2.43. The molecule has 1 fully saturated rings. The first-order valence-electron chi connectivity index (χ1n) is 4.41. The molecule has 76 valence electrons. The summed E-state index contributed by atoms with van der Waals surface area (Å²) in [6.45, 7) is 5.56. The van der Waals surface area contributed by atoms with Gasteiger partial charge < -0.3 is 19.4 Å². The Bertz CT molecular complexity index is 190. The molecule has 13 heavy (non-hydrogen) atoms. The lowest BCUT2D eigenvalue weighted by atomic mass is 10.0. The van der Waals surface area contributed by atoms with Crippen molar-refractivity contribution in [3.8, 4) is 0 Å². The molecule has 0 radical (unpaired) electrons. The fourth-order valence-electron chi connectivity index (χ4n) is 1.30. The van der Waals surface area contributed by atoms with E-state index in [2.05, 4.69) is 0 Å². The van der Waals surface area contributed by atoms with E-state index in [4.69, 9.17) is 9.47 Å². The van der Waals surface area contributed by atoms with Crippen LogP contribution in [0.2, 0.25) is 0 Å². The van der Waals surface area contributed by atoms with Crippen molar-refractivity contribution in [2.24, 2.45) is 5.92 Å². The minimum absolute atomic E-state index is 0.340. The molecule has 1 aliphatic heterocycles. The molecule has 0 spiro atoms.